The molecule has 22 heavy (non-hydrogen) atoms. The van der Waals surface area contributed by atoms with E-state index in [9.17, 15) is 9.59 Å². The second kappa shape index (κ2) is 7.82. The number of carbonyl (C=O) groups is 2. The minimum Gasteiger partial charge on any atom is -0.444 e. The van der Waals surface area contributed by atoms with Gasteiger partial charge in [-0.05, 0) is 57.9 Å². The molecule has 1 aromatic carbocycles. The lowest BCUT2D eigenvalue weighted by Gasteiger charge is -2.19. The summed E-state index contributed by atoms with van der Waals surface area (Å²) >= 11 is 0. The number of hydrogen-bond acceptors (Lipinski definition) is 3. The molecule has 0 spiro atoms. The first-order valence-corrected chi connectivity index (χ1v) is 7.66. The minimum absolute atomic E-state index is 0.0258. The van der Waals surface area contributed by atoms with E-state index < -0.39 is 11.7 Å². The van der Waals surface area contributed by atoms with Crippen molar-refractivity contribution in [1.82, 2.24) is 0 Å². The fraction of sp³-hybridized carbons (Fsp3) is 0.529. The van der Waals surface area contributed by atoms with Crippen LogP contribution >= 0.6 is 0 Å². The van der Waals surface area contributed by atoms with E-state index in [1.807, 2.05) is 34.6 Å². The SMILES string of the molecule is CCC(CC)C(=O)Nc1ccc(NC(=O)OC(C)(C)C)cc1. The molecule has 0 saturated carbocycles. The minimum atomic E-state index is -0.534. The van der Waals surface area contributed by atoms with Crippen molar-refractivity contribution in [2.75, 3.05) is 10.6 Å². The molecule has 1 aromatic rings. The molecule has 5 nitrogen and oxygen atoms in total. The molecule has 2 amide bonds. The number of anilines is 2. The summed E-state index contributed by atoms with van der Waals surface area (Å²) in [7, 11) is 0. The third kappa shape index (κ3) is 6.16. The molecule has 2 N–H and O–H groups in total. The Hall–Kier alpha value is -2.04. The van der Waals surface area contributed by atoms with Crippen molar-refractivity contribution < 1.29 is 14.3 Å². The zero-order valence-corrected chi connectivity index (χ0v) is 14.0. The molecule has 0 aliphatic carbocycles. The van der Waals surface area contributed by atoms with Gasteiger partial charge in [0.05, 0.1) is 0 Å². The van der Waals surface area contributed by atoms with E-state index >= 15 is 0 Å². The van der Waals surface area contributed by atoms with Crippen LogP contribution in [0.3, 0.4) is 0 Å². The highest BCUT2D eigenvalue weighted by Crippen LogP contribution is 2.17. The number of amides is 2. The fourth-order valence-electron chi connectivity index (χ4n) is 1.96. The van der Waals surface area contributed by atoms with Gasteiger partial charge in [-0.3, -0.25) is 10.1 Å². The molecule has 1 rings (SSSR count). The van der Waals surface area contributed by atoms with Gasteiger partial charge in [-0.1, -0.05) is 13.8 Å². The van der Waals surface area contributed by atoms with Gasteiger partial charge >= 0.3 is 6.09 Å². The average molecular weight is 306 g/mol. The first kappa shape index (κ1) is 18.0. The Morgan fingerprint density at radius 1 is 1.00 bits per heavy atom. The van der Waals surface area contributed by atoms with Crippen LogP contribution in [-0.2, 0) is 9.53 Å². The summed E-state index contributed by atoms with van der Waals surface area (Å²) in [6.07, 6.45) is 1.14. The van der Waals surface area contributed by atoms with Crippen LogP contribution < -0.4 is 10.6 Å². The molecule has 0 aromatic heterocycles. The van der Waals surface area contributed by atoms with Gasteiger partial charge in [0, 0.05) is 17.3 Å². The Kier molecular flexibility index (Phi) is 6.40. The number of ether oxygens (including phenoxy) is 1. The van der Waals surface area contributed by atoms with Crippen LogP contribution in [0, 0.1) is 5.92 Å². The molecule has 0 bridgehead atoms. The molecule has 0 fully saturated rings. The molecule has 122 valence electrons. The van der Waals surface area contributed by atoms with E-state index in [-0.39, 0.29) is 11.8 Å². The smallest absolute Gasteiger partial charge is 0.412 e. The van der Waals surface area contributed by atoms with Crippen molar-refractivity contribution >= 4 is 23.4 Å². The number of benzene rings is 1. The first-order valence-electron chi connectivity index (χ1n) is 7.66. The van der Waals surface area contributed by atoms with Crippen LogP contribution in [-0.4, -0.2) is 17.6 Å². The highest BCUT2D eigenvalue weighted by atomic mass is 16.6. The maximum absolute atomic E-state index is 12.0. The lowest BCUT2D eigenvalue weighted by Crippen LogP contribution is -2.27. The normalized spacial score (nSPS) is 11.2. The molecule has 5 heteroatoms. The maximum atomic E-state index is 12.0. The quantitative estimate of drug-likeness (QED) is 0.846. The Bertz CT molecular complexity index is 500. The predicted octanol–water partition coefficient (Wildman–Crippen LogP) is 4.41. The van der Waals surface area contributed by atoms with Crippen LogP contribution in [0.15, 0.2) is 24.3 Å². The highest BCUT2D eigenvalue weighted by Gasteiger charge is 2.16. The number of rotatable bonds is 5. The first-order chi connectivity index (χ1) is 10.2. The lowest BCUT2D eigenvalue weighted by molar-refractivity contribution is -0.120. The number of carbonyl (C=O) groups excluding carboxylic acids is 2. The summed E-state index contributed by atoms with van der Waals surface area (Å²) < 4.78 is 5.18. The van der Waals surface area contributed by atoms with Gasteiger partial charge in [0.2, 0.25) is 5.91 Å². The lowest BCUT2D eigenvalue weighted by atomic mass is 10.0. The van der Waals surface area contributed by atoms with Crippen molar-refractivity contribution in [2.45, 2.75) is 53.1 Å². The van der Waals surface area contributed by atoms with Crippen LogP contribution in [0.4, 0.5) is 16.2 Å². The number of nitrogens with one attached hydrogen (secondary N) is 2. The molecule has 0 aliphatic rings. The molecule has 0 aliphatic heterocycles. The van der Waals surface area contributed by atoms with Gasteiger partial charge in [0.15, 0.2) is 0 Å². The number of hydrogen-bond donors (Lipinski definition) is 2. The van der Waals surface area contributed by atoms with E-state index in [1.165, 1.54) is 0 Å². The van der Waals surface area contributed by atoms with Crippen molar-refractivity contribution in [1.29, 1.82) is 0 Å². The van der Waals surface area contributed by atoms with Crippen LogP contribution in [0.5, 0.6) is 0 Å². The van der Waals surface area contributed by atoms with E-state index in [2.05, 4.69) is 10.6 Å². The molecule has 0 unspecified atom stereocenters. The summed E-state index contributed by atoms with van der Waals surface area (Å²) in [5.74, 6) is 0.0532. The van der Waals surface area contributed by atoms with Crippen LogP contribution in [0.25, 0.3) is 0 Å². The summed E-state index contributed by atoms with van der Waals surface area (Å²) in [5, 5.41) is 5.53. The molecular formula is C17H26N2O3. The Balaban J connectivity index is 2.60. The second-order valence-electron chi connectivity index (χ2n) is 6.21. The second-order valence-corrected chi connectivity index (χ2v) is 6.21. The molecule has 0 saturated heterocycles. The van der Waals surface area contributed by atoms with E-state index in [1.54, 1.807) is 24.3 Å². The van der Waals surface area contributed by atoms with E-state index in [4.69, 9.17) is 4.74 Å². The Morgan fingerprint density at radius 2 is 1.45 bits per heavy atom. The largest absolute Gasteiger partial charge is 0.444 e. The highest BCUT2D eigenvalue weighted by molar-refractivity contribution is 5.93. The monoisotopic (exact) mass is 306 g/mol. The molecule has 0 radical (unpaired) electrons. The zero-order valence-electron chi connectivity index (χ0n) is 14.0. The average Bonchev–Trinajstić information content (AvgIpc) is 2.40. The van der Waals surface area contributed by atoms with E-state index in [0.29, 0.717) is 11.4 Å². The molecule has 0 heterocycles. The molecule has 0 atom stereocenters. The van der Waals surface area contributed by atoms with E-state index in [0.717, 1.165) is 12.8 Å². The summed E-state index contributed by atoms with van der Waals surface area (Å²) in [6, 6.07) is 6.97. The van der Waals surface area contributed by atoms with Crippen LogP contribution in [0.2, 0.25) is 0 Å². The van der Waals surface area contributed by atoms with Crippen molar-refractivity contribution in [2.24, 2.45) is 5.92 Å². The maximum Gasteiger partial charge on any atom is 0.412 e. The standard InChI is InChI=1S/C17H26N2O3/c1-6-12(7-2)15(20)18-13-8-10-14(11-9-13)19-16(21)22-17(3,4)5/h8-12H,6-7H2,1-5H3,(H,18,20)(H,19,21). The van der Waals surface area contributed by atoms with Gasteiger partial charge in [-0.2, -0.15) is 0 Å². The predicted molar refractivity (Wildman–Crippen MR) is 89.0 cm³/mol. The van der Waals surface area contributed by atoms with Gasteiger partial charge in [-0.15, -0.1) is 0 Å². The van der Waals surface area contributed by atoms with Gasteiger partial charge in [-0.25, -0.2) is 4.79 Å². The van der Waals surface area contributed by atoms with Crippen molar-refractivity contribution in [3.05, 3.63) is 24.3 Å². The summed E-state index contributed by atoms with van der Waals surface area (Å²) in [6.45, 7) is 9.43. The topological polar surface area (TPSA) is 67.4 Å². The Labute approximate surface area is 132 Å². The van der Waals surface area contributed by atoms with Gasteiger partial charge in [0.1, 0.15) is 5.60 Å². The Morgan fingerprint density at radius 3 is 1.86 bits per heavy atom. The summed E-state index contributed by atoms with van der Waals surface area (Å²) in [4.78, 5) is 23.6. The molecular weight excluding hydrogens is 280 g/mol. The van der Waals surface area contributed by atoms with Crippen molar-refractivity contribution in [3.8, 4) is 0 Å². The third-order valence-electron chi connectivity index (χ3n) is 3.15. The van der Waals surface area contributed by atoms with Gasteiger partial charge in [0.25, 0.3) is 0 Å². The van der Waals surface area contributed by atoms with Crippen molar-refractivity contribution in [3.63, 3.8) is 0 Å². The van der Waals surface area contributed by atoms with Gasteiger partial charge < -0.3 is 10.1 Å². The third-order valence-corrected chi connectivity index (χ3v) is 3.15. The zero-order chi connectivity index (χ0) is 16.8. The van der Waals surface area contributed by atoms with Crippen LogP contribution in [0.1, 0.15) is 47.5 Å². The fourth-order valence-corrected chi connectivity index (χ4v) is 1.96. The summed E-state index contributed by atoms with van der Waals surface area (Å²) in [5.41, 5.74) is 0.800.